The molecule has 1 amide bonds. The van der Waals surface area contributed by atoms with Crippen LogP contribution in [0.15, 0.2) is 23.1 Å². The Hall–Kier alpha value is -1.45. The lowest BCUT2D eigenvalue weighted by atomic mass is 10.0. The summed E-state index contributed by atoms with van der Waals surface area (Å²) in [5, 5.41) is 2.97. The fraction of sp³-hybridized carbons (Fsp3) is 0.667. The zero-order valence-corrected chi connectivity index (χ0v) is 19.9. The number of benzene rings is 1. The lowest BCUT2D eigenvalue weighted by molar-refractivity contribution is -0.123. The van der Waals surface area contributed by atoms with Crippen LogP contribution in [0.3, 0.4) is 0 Å². The second-order valence-electron chi connectivity index (χ2n) is 8.00. The third-order valence-electron chi connectivity index (χ3n) is 4.86. The molecule has 1 aliphatic rings. The van der Waals surface area contributed by atoms with Gasteiger partial charge in [0.25, 0.3) is 0 Å². The Kier molecular flexibility index (Phi) is 9.77. The van der Waals surface area contributed by atoms with Crippen LogP contribution in [0, 0.1) is 5.92 Å². The van der Waals surface area contributed by atoms with Crippen molar-refractivity contribution < 1.29 is 22.7 Å². The zero-order valence-electron chi connectivity index (χ0n) is 18.3. The highest BCUT2D eigenvalue weighted by Gasteiger charge is 2.27. The summed E-state index contributed by atoms with van der Waals surface area (Å²) in [5.74, 6) is 1.92. The van der Waals surface area contributed by atoms with Crippen molar-refractivity contribution in [2.24, 2.45) is 5.92 Å². The summed E-state index contributed by atoms with van der Waals surface area (Å²) < 4.78 is 39.4. The minimum atomic E-state index is -3.89. The van der Waals surface area contributed by atoms with Gasteiger partial charge in [-0.15, -0.1) is 0 Å². The van der Waals surface area contributed by atoms with E-state index in [0.717, 1.165) is 19.3 Å². The molecule has 0 aromatic heterocycles. The molecule has 170 valence electrons. The van der Waals surface area contributed by atoms with E-state index < -0.39 is 16.1 Å². The van der Waals surface area contributed by atoms with E-state index >= 15 is 0 Å². The molecule has 1 aromatic carbocycles. The van der Waals surface area contributed by atoms with Crippen molar-refractivity contribution in [1.29, 1.82) is 0 Å². The number of amides is 1. The van der Waals surface area contributed by atoms with Gasteiger partial charge in [-0.3, -0.25) is 4.79 Å². The number of carbonyl (C=O) groups excluding carboxylic acids is 1. The van der Waals surface area contributed by atoms with Gasteiger partial charge in [0.05, 0.1) is 4.90 Å². The van der Waals surface area contributed by atoms with Gasteiger partial charge >= 0.3 is 0 Å². The van der Waals surface area contributed by atoms with Crippen LogP contribution < -0.4 is 19.5 Å². The predicted molar refractivity (Wildman–Crippen MR) is 121 cm³/mol. The van der Waals surface area contributed by atoms with E-state index in [0.29, 0.717) is 42.8 Å². The van der Waals surface area contributed by atoms with Crippen molar-refractivity contribution in [2.45, 2.75) is 63.4 Å². The number of carbonyl (C=O) groups is 1. The van der Waals surface area contributed by atoms with E-state index in [4.69, 9.17) is 9.47 Å². The summed E-state index contributed by atoms with van der Waals surface area (Å²) in [6.07, 6.45) is 5.34. The molecule has 0 saturated heterocycles. The number of fused-ring (bicyclic) bond motifs is 1. The summed E-state index contributed by atoms with van der Waals surface area (Å²) in [5.41, 5.74) is 0. The first-order valence-electron chi connectivity index (χ1n) is 10.4. The highest BCUT2D eigenvalue weighted by atomic mass is 32.2. The summed E-state index contributed by atoms with van der Waals surface area (Å²) >= 11 is 1.57. The molecule has 0 fully saturated rings. The zero-order chi connectivity index (χ0) is 22.1. The molecule has 2 atom stereocenters. The first-order chi connectivity index (χ1) is 14.2. The van der Waals surface area contributed by atoms with Crippen LogP contribution in [0.25, 0.3) is 0 Å². The summed E-state index contributed by atoms with van der Waals surface area (Å²) in [7, 11) is -3.89. The Bertz CT molecular complexity index is 799. The van der Waals surface area contributed by atoms with Gasteiger partial charge in [0.15, 0.2) is 11.5 Å². The van der Waals surface area contributed by atoms with Gasteiger partial charge in [0, 0.05) is 12.1 Å². The molecule has 1 aliphatic heterocycles. The van der Waals surface area contributed by atoms with Crippen LogP contribution in [0.4, 0.5) is 0 Å². The summed E-state index contributed by atoms with van der Waals surface area (Å²) in [4.78, 5) is 12.9. The van der Waals surface area contributed by atoms with E-state index in [1.165, 1.54) is 12.1 Å². The standard InChI is InChI=1S/C21H34N2O5S2/c1-15(2)6-5-7-16(3)22-21(24)18(10-13-29-4)23-30(25,26)17-8-9-19-20(14-17)28-12-11-27-19/h8-9,14-16,18,23H,5-7,10-13H2,1-4H3,(H,22,24)/t16-,18+/m1/s1. The van der Waals surface area contributed by atoms with Crippen molar-refractivity contribution in [1.82, 2.24) is 10.0 Å². The van der Waals surface area contributed by atoms with Crippen molar-refractivity contribution >= 4 is 27.7 Å². The maximum Gasteiger partial charge on any atom is 0.241 e. The molecule has 0 bridgehead atoms. The molecule has 30 heavy (non-hydrogen) atoms. The van der Waals surface area contributed by atoms with E-state index in [-0.39, 0.29) is 16.8 Å². The fourth-order valence-corrected chi connectivity index (χ4v) is 4.89. The van der Waals surface area contributed by atoms with Crippen molar-refractivity contribution in [3.63, 3.8) is 0 Å². The van der Waals surface area contributed by atoms with Gasteiger partial charge in [-0.05, 0) is 49.8 Å². The normalized spacial score (nSPS) is 15.6. The van der Waals surface area contributed by atoms with E-state index in [2.05, 4.69) is 23.9 Å². The first-order valence-corrected chi connectivity index (χ1v) is 13.3. The summed E-state index contributed by atoms with van der Waals surface area (Å²) in [6.45, 7) is 7.11. The van der Waals surface area contributed by atoms with Gasteiger partial charge in [-0.2, -0.15) is 16.5 Å². The quantitative estimate of drug-likeness (QED) is 0.500. The Morgan fingerprint density at radius 1 is 1.10 bits per heavy atom. The molecule has 2 N–H and O–H groups in total. The molecule has 0 spiro atoms. The fourth-order valence-electron chi connectivity index (χ4n) is 3.17. The maximum atomic E-state index is 12.9. The molecule has 0 aliphatic carbocycles. The topological polar surface area (TPSA) is 93.7 Å². The summed E-state index contributed by atoms with van der Waals surface area (Å²) in [6, 6.07) is 3.65. The Labute approximate surface area is 184 Å². The number of ether oxygens (including phenoxy) is 2. The number of sulfonamides is 1. The average molecular weight is 459 g/mol. The SMILES string of the molecule is CSCC[C@H](NS(=O)(=O)c1ccc2c(c1)OCCO2)C(=O)N[C@H](C)CCCC(C)C. The predicted octanol–water partition coefficient (Wildman–Crippen LogP) is 3.19. The van der Waals surface area contributed by atoms with Gasteiger partial charge in [-0.25, -0.2) is 8.42 Å². The molecule has 9 heteroatoms. The highest BCUT2D eigenvalue weighted by Crippen LogP contribution is 2.32. The van der Waals surface area contributed by atoms with Crippen LogP contribution in [0.2, 0.25) is 0 Å². The molecule has 1 heterocycles. The van der Waals surface area contributed by atoms with Gasteiger partial charge < -0.3 is 14.8 Å². The molecule has 0 radical (unpaired) electrons. The highest BCUT2D eigenvalue weighted by molar-refractivity contribution is 7.98. The average Bonchev–Trinajstić information content (AvgIpc) is 2.70. The lowest BCUT2D eigenvalue weighted by Crippen LogP contribution is -2.49. The van der Waals surface area contributed by atoms with Crippen LogP contribution >= 0.6 is 11.8 Å². The molecular formula is C21H34N2O5S2. The largest absolute Gasteiger partial charge is 0.486 e. The van der Waals surface area contributed by atoms with Crippen LogP contribution in [0.1, 0.15) is 46.5 Å². The van der Waals surface area contributed by atoms with Crippen molar-refractivity contribution in [3.05, 3.63) is 18.2 Å². The lowest BCUT2D eigenvalue weighted by Gasteiger charge is -2.22. The molecule has 1 aromatic rings. The van der Waals surface area contributed by atoms with Crippen LogP contribution in [-0.4, -0.2) is 51.6 Å². The Morgan fingerprint density at radius 3 is 2.47 bits per heavy atom. The van der Waals surface area contributed by atoms with Gasteiger partial charge in [0.2, 0.25) is 15.9 Å². The third kappa shape index (κ3) is 7.67. The van der Waals surface area contributed by atoms with E-state index in [1.54, 1.807) is 17.8 Å². The van der Waals surface area contributed by atoms with Crippen molar-refractivity contribution in [3.8, 4) is 11.5 Å². The number of hydrogen-bond donors (Lipinski definition) is 2. The second kappa shape index (κ2) is 11.8. The van der Waals surface area contributed by atoms with E-state index in [9.17, 15) is 13.2 Å². The smallest absolute Gasteiger partial charge is 0.241 e. The maximum absolute atomic E-state index is 12.9. The molecular weight excluding hydrogens is 424 g/mol. The minimum Gasteiger partial charge on any atom is -0.486 e. The Balaban J connectivity index is 2.05. The van der Waals surface area contributed by atoms with Crippen molar-refractivity contribution in [2.75, 3.05) is 25.2 Å². The van der Waals surface area contributed by atoms with Crippen LogP contribution in [-0.2, 0) is 14.8 Å². The van der Waals surface area contributed by atoms with Gasteiger partial charge in [-0.1, -0.05) is 26.7 Å². The minimum absolute atomic E-state index is 0.00757. The second-order valence-corrected chi connectivity index (χ2v) is 10.7. The number of hydrogen-bond acceptors (Lipinski definition) is 6. The monoisotopic (exact) mass is 458 g/mol. The molecule has 0 unspecified atom stereocenters. The third-order valence-corrected chi connectivity index (χ3v) is 6.97. The van der Waals surface area contributed by atoms with Crippen LogP contribution in [0.5, 0.6) is 11.5 Å². The number of nitrogens with one attached hydrogen (secondary N) is 2. The Morgan fingerprint density at radius 2 is 1.80 bits per heavy atom. The number of thioether (sulfide) groups is 1. The van der Waals surface area contributed by atoms with E-state index in [1.807, 2.05) is 13.2 Å². The first kappa shape index (κ1) is 24.8. The molecule has 7 nitrogen and oxygen atoms in total. The molecule has 0 saturated carbocycles. The van der Waals surface area contributed by atoms with Gasteiger partial charge in [0.1, 0.15) is 19.3 Å². The molecule has 2 rings (SSSR count). The number of rotatable bonds is 12.